The maximum absolute atomic E-state index is 11.5. The van der Waals surface area contributed by atoms with Gasteiger partial charge in [-0.25, -0.2) is 4.79 Å². The number of rotatable bonds is 3. The number of nitrogens with one attached hydrogen (secondary N) is 1. The lowest BCUT2D eigenvalue weighted by Crippen LogP contribution is -2.06. The molecule has 0 aliphatic heterocycles. The van der Waals surface area contributed by atoms with E-state index in [1.807, 2.05) is 0 Å². The number of nitrogens with zero attached hydrogens (tertiary/aromatic N) is 3. The molecular formula is C8H8N4O2S. The average molecular weight is 224 g/mol. The van der Waals surface area contributed by atoms with Gasteiger partial charge in [-0.05, 0) is 24.5 Å². The Morgan fingerprint density at radius 2 is 2.47 bits per heavy atom. The molecule has 2 rings (SSSR count). The summed E-state index contributed by atoms with van der Waals surface area (Å²) >= 11 is 1.29. The number of H-pyrrole nitrogens is 1. The van der Waals surface area contributed by atoms with Crippen molar-refractivity contribution in [2.24, 2.45) is 0 Å². The smallest absolute Gasteiger partial charge is 0.361 e. The molecule has 0 aliphatic rings. The molecule has 2 aromatic heterocycles. The first kappa shape index (κ1) is 9.78. The van der Waals surface area contributed by atoms with Gasteiger partial charge >= 0.3 is 5.97 Å². The van der Waals surface area contributed by atoms with Gasteiger partial charge < -0.3 is 4.74 Å². The fraction of sp³-hybridized carbons (Fsp3) is 0.250. The highest BCUT2D eigenvalue weighted by atomic mass is 32.1. The molecule has 0 saturated carbocycles. The molecule has 2 heterocycles. The molecule has 0 radical (unpaired) electrons. The van der Waals surface area contributed by atoms with Crippen molar-refractivity contribution in [3.05, 3.63) is 17.1 Å². The third-order valence-electron chi connectivity index (χ3n) is 1.70. The second-order valence-electron chi connectivity index (χ2n) is 2.63. The topological polar surface area (TPSA) is 80.8 Å². The Kier molecular flexibility index (Phi) is 2.72. The molecule has 6 nitrogen and oxygen atoms in total. The van der Waals surface area contributed by atoms with Crippen LogP contribution in [0.15, 0.2) is 11.4 Å². The Balaban J connectivity index is 2.34. The molecule has 2 aromatic rings. The summed E-state index contributed by atoms with van der Waals surface area (Å²) < 4.78 is 8.91. The number of aromatic amines is 1. The van der Waals surface area contributed by atoms with Crippen molar-refractivity contribution in [2.75, 3.05) is 6.61 Å². The number of hydrogen-bond acceptors (Lipinski definition) is 6. The Bertz CT molecular complexity index is 451. The van der Waals surface area contributed by atoms with Gasteiger partial charge in [0.05, 0.1) is 6.61 Å². The van der Waals surface area contributed by atoms with E-state index >= 15 is 0 Å². The fourth-order valence-corrected chi connectivity index (χ4v) is 1.60. The molecule has 0 fully saturated rings. The van der Waals surface area contributed by atoms with E-state index in [1.165, 1.54) is 11.5 Å². The lowest BCUT2D eigenvalue weighted by Gasteiger charge is -1.97. The summed E-state index contributed by atoms with van der Waals surface area (Å²) in [6.45, 7) is 2.04. The van der Waals surface area contributed by atoms with Crippen molar-refractivity contribution in [1.82, 2.24) is 19.8 Å². The first-order valence-corrected chi connectivity index (χ1v) is 5.15. The normalized spacial score (nSPS) is 10.2. The van der Waals surface area contributed by atoms with Crippen molar-refractivity contribution in [3.63, 3.8) is 0 Å². The molecular weight excluding hydrogens is 216 g/mol. The molecule has 0 atom stereocenters. The Hall–Kier alpha value is -1.76. The number of ether oxygens (including phenoxy) is 1. The van der Waals surface area contributed by atoms with Gasteiger partial charge in [0.1, 0.15) is 11.4 Å². The van der Waals surface area contributed by atoms with Crippen LogP contribution in [0, 0.1) is 0 Å². The summed E-state index contributed by atoms with van der Waals surface area (Å²) in [6.07, 6.45) is 0. The van der Waals surface area contributed by atoms with Crippen LogP contribution in [0.3, 0.4) is 0 Å². The zero-order valence-electron chi connectivity index (χ0n) is 7.93. The highest BCUT2D eigenvalue weighted by molar-refractivity contribution is 7.03. The third kappa shape index (κ3) is 1.86. The van der Waals surface area contributed by atoms with Crippen LogP contribution in [-0.2, 0) is 4.74 Å². The minimum Gasteiger partial charge on any atom is -0.461 e. The molecule has 78 valence electrons. The van der Waals surface area contributed by atoms with Crippen LogP contribution in [-0.4, -0.2) is 32.4 Å². The number of carbonyl (C=O) groups is 1. The van der Waals surface area contributed by atoms with E-state index in [2.05, 4.69) is 19.8 Å². The number of esters is 1. The molecule has 15 heavy (non-hydrogen) atoms. The van der Waals surface area contributed by atoms with Crippen LogP contribution in [0.4, 0.5) is 0 Å². The quantitative estimate of drug-likeness (QED) is 0.790. The zero-order chi connectivity index (χ0) is 10.7. The van der Waals surface area contributed by atoms with Gasteiger partial charge in [-0.3, -0.25) is 0 Å². The summed E-state index contributed by atoms with van der Waals surface area (Å²) in [5.41, 5.74) is 1.22. The van der Waals surface area contributed by atoms with Gasteiger partial charge in [0.25, 0.3) is 0 Å². The third-order valence-corrected chi connectivity index (χ3v) is 2.26. The first-order valence-electron chi connectivity index (χ1n) is 4.31. The Morgan fingerprint density at radius 1 is 1.60 bits per heavy atom. The monoisotopic (exact) mass is 224 g/mol. The first-order chi connectivity index (χ1) is 7.33. The molecule has 1 N–H and O–H groups in total. The van der Waals surface area contributed by atoms with E-state index < -0.39 is 5.97 Å². The molecule has 0 bridgehead atoms. The number of hydrogen-bond donors (Lipinski definition) is 1. The minimum atomic E-state index is -0.491. The zero-order valence-corrected chi connectivity index (χ0v) is 8.74. The molecule has 0 spiro atoms. The highest BCUT2D eigenvalue weighted by Crippen LogP contribution is 2.19. The summed E-state index contributed by atoms with van der Waals surface area (Å²) in [6, 6.07) is 1.77. The van der Waals surface area contributed by atoms with Crippen molar-refractivity contribution >= 4 is 17.5 Å². The van der Waals surface area contributed by atoms with Gasteiger partial charge in [0.15, 0.2) is 5.69 Å². The molecule has 0 amide bonds. The van der Waals surface area contributed by atoms with Gasteiger partial charge in [-0.15, -0.1) is 5.10 Å². The van der Waals surface area contributed by atoms with Gasteiger partial charge in [0, 0.05) is 5.38 Å². The maximum Gasteiger partial charge on any atom is 0.361 e. The molecule has 7 heteroatoms. The second-order valence-corrected chi connectivity index (χ2v) is 3.29. The van der Waals surface area contributed by atoms with Crippen LogP contribution in [0.1, 0.15) is 17.4 Å². The van der Waals surface area contributed by atoms with E-state index in [-0.39, 0.29) is 5.69 Å². The van der Waals surface area contributed by atoms with Crippen LogP contribution >= 0.6 is 11.5 Å². The van der Waals surface area contributed by atoms with Crippen molar-refractivity contribution < 1.29 is 9.53 Å². The SMILES string of the molecule is CCOC(=O)c1n[nH]nc1-c1ccsn1. The summed E-state index contributed by atoms with van der Waals surface area (Å²) in [4.78, 5) is 11.5. The lowest BCUT2D eigenvalue weighted by atomic mass is 10.2. The Labute approximate surface area is 89.4 Å². The molecule has 0 unspecified atom stereocenters. The largest absolute Gasteiger partial charge is 0.461 e. The van der Waals surface area contributed by atoms with E-state index in [0.717, 1.165) is 0 Å². The van der Waals surface area contributed by atoms with Crippen LogP contribution in [0.5, 0.6) is 0 Å². The van der Waals surface area contributed by atoms with Crippen LogP contribution in [0.2, 0.25) is 0 Å². The van der Waals surface area contributed by atoms with Gasteiger partial charge in [-0.1, -0.05) is 0 Å². The van der Waals surface area contributed by atoms with Crippen molar-refractivity contribution in [2.45, 2.75) is 6.92 Å². The number of carbonyl (C=O) groups excluding carboxylic acids is 1. The van der Waals surface area contributed by atoms with E-state index in [1.54, 1.807) is 18.4 Å². The van der Waals surface area contributed by atoms with Gasteiger partial charge in [0.2, 0.25) is 0 Å². The number of aromatic nitrogens is 4. The fourth-order valence-electron chi connectivity index (χ4n) is 1.09. The average Bonchev–Trinajstić information content (AvgIpc) is 2.88. The summed E-state index contributed by atoms with van der Waals surface area (Å²) in [7, 11) is 0. The second kappa shape index (κ2) is 4.18. The molecule has 0 saturated heterocycles. The molecule has 0 aliphatic carbocycles. The highest BCUT2D eigenvalue weighted by Gasteiger charge is 2.19. The van der Waals surface area contributed by atoms with Crippen LogP contribution < -0.4 is 0 Å². The lowest BCUT2D eigenvalue weighted by molar-refractivity contribution is 0.0520. The Morgan fingerprint density at radius 3 is 3.13 bits per heavy atom. The van der Waals surface area contributed by atoms with Crippen LogP contribution in [0.25, 0.3) is 11.4 Å². The predicted molar refractivity (Wildman–Crippen MR) is 53.4 cm³/mol. The molecule has 0 aromatic carbocycles. The van der Waals surface area contributed by atoms with Crippen molar-refractivity contribution in [1.29, 1.82) is 0 Å². The predicted octanol–water partition coefficient (Wildman–Crippen LogP) is 1.10. The standard InChI is InChI=1S/C8H8N4O2S/c1-2-14-8(13)7-6(9-12-10-7)5-3-4-15-11-5/h3-4H,2H2,1H3,(H,9,10,12). The van der Waals surface area contributed by atoms with E-state index in [0.29, 0.717) is 18.0 Å². The minimum absolute atomic E-state index is 0.169. The van der Waals surface area contributed by atoms with E-state index in [4.69, 9.17) is 4.74 Å². The maximum atomic E-state index is 11.5. The van der Waals surface area contributed by atoms with E-state index in [9.17, 15) is 4.79 Å². The summed E-state index contributed by atoms with van der Waals surface area (Å²) in [5, 5.41) is 11.8. The van der Waals surface area contributed by atoms with Crippen molar-refractivity contribution in [3.8, 4) is 11.4 Å². The summed E-state index contributed by atoms with van der Waals surface area (Å²) in [5.74, 6) is -0.491. The van der Waals surface area contributed by atoms with Gasteiger partial charge in [-0.2, -0.15) is 14.7 Å².